The van der Waals surface area contributed by atoms with Gasteiger partial charge in [0.05, 0.1) is 6.61 Å². The van der Waals surface area contributed by atoms with Gasteiger partial charge in [0.15, 0.2) is 0 Å². The molecule has 1 aromatic rings. The second-order valence-electron chi connectivity index (χ2n) is 3.74. The van der Waals surface area contributed by atoms with E-state index < -0.39 is 0 Å². The number of para-hydroxylation sites is 1. The van der Waals surface area contributed by atoms with Crippen molar-refractivity contribution in [3.8, 4) is 0 Å². The van der Waals surface area contributed by atoms with Gasteiger partial charge in [0.25, 0.3) is 0 Å². The summed E-state index contributed by atoms with van der Waals surface area (Å²) >= 11 is 0. The number of nitrogens with zero attached hydrogens (tertiary/aromatic N) is 1. The maximum absolute atomic E-state index is 5.63. The molecule has 0 saturated carbocycles. The van der Waals surface area contributed by atoms with Crippen LogP contribution in [0.5, 0.6) is 0 Å². The van der Waals surface area contributed by atoms with E-state index in [1.54, 1.807) is 7.11 Å². The first-order valence-electron chi connectivity index (χ1n) is 5.85. The highest BCUT2D eigenvalue weighted by molar-refractivity contribution is 5.53. The molecular formula is C13H22N2O. The average molecular weight is 222 g/mol. The highest BCUT2D eigenvalue weighted by Crippen LogP contribution is 2.20. The van der Waals surface area contributed by atoms with Crippen molar-refractivity contribution in [1.82, 2.24) is 0 Å². The maximum Gasteiger partial charge on any atom is 0.0637 e. The van der Waals surface area contributed by atoms with Crippen LogP contribution in [0.4, 0.5) is 5.69 Å². The van der Waals surface area contributed by atoms with E-state index in [2.05, 4.69) is 36.1 Å². The fraction of sp³-hybridized carbons (Fsp3) is 0.538. The SMILES string of the molecule is CCN(CCOC)c1ccccc1CCN. The number of anilines is 1. The van der Waals surface area contributed by atoms with Crippen molar-refractivity contribution < 1.29 is 4.74 Å². The van der Waals surface area contributed by atoms with Crippen LogP contribution in [0.15, 0.2) is 24.3 Å². The molecule has 2 N–H and O–H groups in total. The molecule has 1 aromatic carbocycles. The molecule has 0 amide bonds. The molecule has 0 atom stereocenters. The Kier molecular flexibility index (Phi) is 5.90. The fourth-order valence-electron chi connectivity index (χ4n) is 1.84. The van der Waals surface area contributed by atoms with Gasteiger partial charge in [-0.25, -0.2) is 0 Å². The Morgan fingerprint density at radius 1 is 1.31 bits per heavy atom. The van der Waals surface area contributed by atoms with Crippen LogP contribution in [0, 0.1) is 0 Å². The molecule has 3 nitrogen and oxygen atoms in total. The molecule has 0 bridgehead atoms. The predicted octanol–water partition coefficient (Wildman–Crippen LogP) is 1.66. The Morgan fingerprint density at radius 2 is 2.06 bits per heavy atom. The number of methoxy groups -OCH3 is 1. The molecule has 3 heteroatoms. The Hall–Kier alpha value is -1.06. The highest BCUT2D eigenvalue weighted by atomic mass is 16.5. The molecule has 0 saturated heterocycles. The molecule has 1 rings (SSSR count). The number of ether oxygens (including phenoxy) is 1. The van der Waals surface area contributed by atoms with E-state index in [1.165, 1.54) is 11.3 Å². The van der Waals surface area contributed by atoms with Gasteiger partial charge in [0, 0.05) is 25.9 Å². The third-order valence-corrected chi connectivity index (χ3v) is 2.69. The molecule has 0 spiro atoms. The van der Waals surface area contributed by atoms with Crippen molar-refractivity contribution in [2.24, 2.45) is 5.73 Å². The summed E-state index contributed by atoms with van der Waals surface area (Å²) in [6.07, 6.45) is 0.930. The van der Waals surface area contributed by atoms with Crippen molar-refractivity contribution in [3.63, 3.8) is 0 Å². The monoisotopic (exact) mass is 222 g/mol. The van der Waals surface area contributed by atoms with Crippen molar-refractivity contribution in [2.75, 3.05) is 38.3 Å². The maximum atomic E-state index is 5.63. The Bertz CT molecular complexity index is 302. The number of hydrogen-bond donors (Lipinski definition) is 1. The second-order valence-corrected chi connectivity index (χ2v) is 3.74. The van der Waals surface area contributed by atoms with Crippen LogP contribution in [0.2, 0.25) is 0 Å². The van der Waals surface area contributed by atoms with E-state index in [0.717, 1.165) is 26.1 Å². The third-order valence-electron chi connectivity index (χ3n) is 2.69. The number of rotatable bonds is 7. The minimum absolute atomic E-state index is 0.693. The molecule has 16 heavy (non-hydrogen) atoms. The topological polar surface area (TPSA) is 38.5 Å². The molecule has 0 radical (unpaired) electrons. The lowest BCUT2D eigenvalue weighted by Crippen LogP contribution is -2.28. The minimum atomic E-state index is 0.693. The van der Waals surface area contributed by atoms with E-state index in [4.69, 9.17) is 10.5 Å². The number of hydrogen-bond acceptors (Lipinski definition) is 3. The van der Waals surface area contributed by atoms with Gasteiger partial charge in [-0.3, -0.25) is 0 Å². The summed E-state index contributed by atoms with van der Waals surface area (Å²) in [5, 5.41) is 0. The van der Waals surface area contributed by atoms with Gasteiger partial charge in [0.1, 0.15) is 0 Å². The van der Waals surface area contributed by atoms with Gasteiger partial charge in [-0.1, -0.05) is 18.2 Å². The molecule has 0 aliphatic heterocycles. The van der Waals surface area contributed by atoms with Crippen LogP contribution < -0.4 is 10.6 Å². The van der Waals surface area contributed by atoms with Crippen molar-refractivity contribution in [1.29, 1.82) is 0 Å². The normalized spacial score (nSPS) is 10.4. The smallest absolute Gasteiger partial charge is 0.0637 e. The van der Waals surface area contributed by atoms with Gasteiger partial charge in [-0.05, 0) is 31.5 Å². The van der Waals surface area contributed by atoms with Gasteiger partial charge in [-0.15, -0.1) is 0 Å². The van der Waals surface area contributed by atoms with Crippen LogP contribution in [0.1, 0.15) is 12.5 Å². The van der Waals surface area contributed by atoms with Gasteiger partial charge in [-0.2, -0.15) is 0 Å². The molecule has 0 unspecified atom stereocenters. The molecule has 0 aliphatic rings. The van der Waals surface area contributed by atoms with Crippen LogP contribution in [-0.2, 0) is 11.2 Å². The minimum Gasteiger partial charge on any atom is -0.383 e. The summed E-state index contributed by atoms with van der Waals surface area (Å²) in [6, 6.07) is 8.45. The van der Waals surface area contributed by atoms with Gasteiger partial charge >= 0.3 is 0 Å². The first kappa shape index (κ1) is 13.0. The van der Waals surface area contributed by atoms with Crippen LogP contribution in [-0.4, -0.2) is 33.4 Å². The lowest BCUT2D eigenvalue weighted by molar-refractivity contribution is 0.205. The first-order chi connectivity index (χ1) is 7.83. The van der Waals surface area contributed by atoms with Crippen molar-refractivity contribution in [2.45, 2.75) is 13.3 Å². The first-order valence-corrected chi connectivity index (χ1v) is 5.85. The summed E-state index contributed by atoms with van der Waals surface area (Å²) in [4.78, 5) is 2.33. The van der Waals surface area contributed by atoms with Crippen molar-refractivity contribution >= 4 is 5.69 Å². The van der Waals surface area contributed by atoms with Crippen LogP contribution >= 0.6 is 0 Å². The lowest BCUT2D eigenvalue weighted by Gasteiger charge is -2.25. The summed E-state index contributed by atoms with van der Waals surface area (Å²) in [7, 11) is 1.74. The zero-order valence-electron chi connectivity index (χ0n) is 10.3. The number of benzene rings is 1. The largest absolute Gasteiger partial charge is 0.383 e. The number of likely N-dealkylation sites (N-methyl/N-ethyl adjacent to an activating group) is 1. The van der Waals surface area contributed by atoms with E-state index in [-0.39, 0.29) is 0 Å². The highest BCUT2D eigenvalue weighted by Gasteiger charge is 2.07. The lowest BCUT2D eigenvalue weighted by atomic mass is 10.1. The molecule has 0 aromatic heterocycles. The van der Waals surface area contributed by atoms with E-state index >= 15 is 0 Å². The zero-order chi connectivity index (χ0) is 11.8. The van der Waals surface area contributed by atoms with Crippen LogP contribution in [0.3, 0.4) is 0 Å². The zero-order valence-corrected chi connectivity index (χ0v) is 10.3. The summed E-state index contributed by atoms with van der Waals surface area (Å²) in [6.45, 7) is 5.53. The Balaban J connectivity index is 2.81. The third kappa shape index (κ3) is 3.51. The Morgan fingerprint density at radius 3 is 2.69 bits per heavy atom. The summed E-state index contributed by atoms with van der Waals surface area (Å²) in [5.74, 6) is 0. The van der Waals surface area contributed by atoms with E-state index in [9.17, 15) is 0 Å². The van der Waals surface area contributed by atoms with E-state index in [1.807, 2.05) is 0 Å². The second kappa shape index (κ2) is 7.25. The summed E-state index contributed by atoms with van der Waals surface area (Å²) < 4.78 is 5.13. The molecule has 90 valence electrons. The Labute approximate surface area is 98.2 Å². The predicted molar refractivity (Wildman–Crippen MR) is 69.0 cm³/mol. The average Bonchev–Trinajstić information content (AvgIpc) is 2.32. The van der Waals surface area contributed by atoms with Crippen LogP contribution in [0.25, 0.3) is 0 Å². The van der Waals surface area contributed by atoms with Gasteiger partial charge < -0.3 is 15.4 Å². The molecule has 0 heterocycles. The summed E-state index contributed by atoms with van der Waals surface area (Å²) in [5.41, 5.74) is 8.23. The van der Waals surface area contributed by atoms with Crippen molar-refractivity contribution in [3.05, 3.63) is 29.8 Å². The quantitative estimate of drug-likeness (QED) is 0.762. The fourth-order valence-corrected chi connectivity index (χ4v) is 1.84. The standard InChI is InChI=1S/C13H22N2O/c1-3-15(10-11-16-2)13-7-5-4-6-12(13)8-9-14/h4-7H,3,8-11,14H2,1-2H3. The van der Waals surface area contributed by atoms with E-state index in [0.29, 0.717) is 6.54 Å². The number of nitrogens with two attached hydrogens (primary N) is 1. The molecule has 0 fully saturated rings. The molecule has 0 aliphatic carbocycles. The van der Waals surface area contributed by atoms with Gasteiger partial charge in [0.2, 0.25) is 0 Å². The molecular weight excluding hydrogens is 200 g/mol.